The van der Waals surface area contributed by atoms with Crippen LogP contribution in [0.1, 0.15) is 28.8 Å². The number of hydrogen-bond donors (Lipinski definition) is 1. The number of likely N-dealkylation sites (N-methyl/N-ethyl adjacent to an activating group) is 1. The number of rotatable bonds is 8. The zero-order chi connectivity index (χ0) is 28.2. The molecule has 3 aromatic carbocycles. The molecule has 7 rings (SSSR count). The highest BCUT2D eigenvalue weighted by Gasteiger charge is 2.38. The summed E-state index contributed by atoms with van der Waals surface area (Å²) in [5.41, 5.74) is 2.55. The number of cyclic esters (lactones) is 1. The molecule has 4 heterocycles. The van der Waals surface area contributed by atoms with Crippen molar-refractivity contribution in [2.45, 2.75) is 37.6 Å². The molecule has 3 unspecified atom stereocenters. The summed E-state index contributed by atoms with van der Waals surface area (Å²) in [7, 11) is 5.35. The summed E-state index contributed by atoms with van der Waals surface area (Å²) in [6.07, 6.45) is 1.71. The van der Waals surface area contributed by atoms with E-state index in [1.807, 2.05) is 30.3 Å². The Morgan fingerprint density at radius 1 is 0.951 bits per heavy atom. The molecule has 4 aliphatic rings. The molecule has 2 fully saturated rings. The molecule has 4 aliphatic heterocycles. The van der Waals surface area contributed by atoms with Gasteiger partial charge < -0.3 is 33.5 Å². The first kappa shape index (κ1) is 26.2. The average Bonchev–Trinajstić information content (AvgIpc) is 3.65. The topological polar surface area (TPSA) is 99.2 Å². The van der Waals surface area contributed by atoms with Crippen molar-refractivity contribution in [3.63, 3.8) is 0 Å². The molecule has 216 valence electrons. The summed E-state index contributed by atoms with van der Waals surface area (Å²) in [4.78, 5) is 18.0. The van der Waals surface area contributed by atoms with Gasteiger partial charge in [-0.15, -0.1) is 0 Å². The average molecular weight is 563 g/mol. The van der Waals surface area contributed by atoms with Gasteiger partial charge >= 0.3 is 5.97 Å². The van der Waals surface area contributed by atoms with Gasteiger partial charge in [0, 0.05) is 48.2 Å². The molecular weight excluding hydrogens is 528 g/mol. The van der Waals surface area contributed by atoms with E-state index in [0.29, 0.717) is 64.1 Å². The van der Waals surface area contributed by atoms with Gasteiger partial charge in [-0.3, -0.25) is 9.80 Å². The number of aliphatic hydroxyl groups is 1. The number of fused-ring (bicyclic) bond motifs is 5. The first-order valence-electron chi connectivity index (χ1n) is 14.0. The number of carbonyl (C=O) groups excluding carboxylic acids is 1. The summed E-state index contributed by atoms with van der Waals surface area (Å²) >= 11 is 0. The summed E-state index contributed by atoms with van der Waals surface area (Å²) in [6, 6.07) is 10.4. The van der Waals surface area contributed by atoms with E-state index in [-0.39, 0.29) is 20.0 Å². The maximum Gasteiger partial charge on any atom is 0.339 e. The van der Waals surface area contributed by atoms with Crippen molar-refractivity contribution >= 4 is 16.7 Å². The maximum atomic E-state index is 13.2. The number of methoxy groups -OCH3 is 2. The maximum absolute atomic E-state index is 13.2. The summed E-state index contributed by atoms with van der Waals surface area (Å²) in [5, 5.41) is 12.5. The Morgan fingerprint density at radius 2 is 1.66 bits per heavy atom. The van der Waals surface area contributed by atoms with Gasteiger partial charge in [0.05, 0.1) is 19.8 Å². The smallest absolute Gasteiger partial charge is 0.339 e. The number of hydrogen-bond acceptors (Lipinski definition) is 10. The third kappa shape index (κ3) is 4.41. The van der Waals surface area contributed by atoms with Gasteiger partial charge in [0.1, 0.15) is 25.1 Å². The second kappa shape index (κ2) is 10.3. The lowest BCUT2D eigenvalue weighted by Crippen LogP contribution is -2.53. The van der Waals surface area contributed by atoms with E-state index in [1.54, 1.807) is 14.2 Å². The highest BCUT2D eigenvalue weighted by molar-refractivity contribution is 6.14. The van der Waals surface area contributed by atoms with E-state index in [1.165, 1.54) is 12.8 Å². The fourth-order valence-electron chi connectivity index (χ4n) is 6.81. The largest absolute Gasteiger partial charge is 0.493 e. The van der Waals surface area contributed by atoms with Crippen molar-refractivity contribution in [2.24, 2.45) is 0 Å². The molecule has 10 heteroatoms. The third-order valence-electron chi connectivity index (χ3n) is 8.89. The van der Waals surface area contributed by atoms with Crippen LogP contribution in [0.2, 0.25) is 0 Å². The van der Waals surface area contributed by atoms with Crippen LogP contribution in [0.3, 0.4) is 0 Å². The fourth-order valence-corrected chi connectivity index (χ4v) is 6.81. The summed E-state index contributed by atoms with van der Waals surface area (Å²) in [6.45, 7) is 2.73. The Labute approximate surface area is 238 Å². The summed E-state index contributed by atoms with van der Waals surface area (Å²) < 4.78 is 34.3. The molecule has 2 saturated heterocycles. The van der Waals surface area contributed by atoms with Crippen LogP contribution in [0, 0.1) is 0 Å². The first-order chi connectivity index (χ1) is 19.9. The second-order valence-corrected chi connectivity index (χ2v) is 11.2. The number of nitrogens with zero attached hydrogens (tertiary/aromatic N) is 2. The van der Waals surface area contributed by atoms with E-state index < -0.39 is 12.1 Å². The number of benzene rings is 3. The van der Waals surface area contributed by atoms with Crippen molar-refractivity contribution in [3.8, 4) is 39.9 Å². The van der Waals surface area contributed by atoms with Crippen LogP contribution < -0.4 is 23.7 Å². The lowest BCUT2D eigenvalue weighted by molar-refractivity contribution is 0.0285. The first-order valence-corrected chi connectivity index (χ1v) is 14.0. The minimum absolute atomic E-state index is 0.0727. The number of ether oxygens (including phenoxy) is 6. The second-order valence-electron chi connectivity index (χ2n) is 11.2. The Bertz CT molecular complexity index is 1510. The van der Waals surface area contributed by atoms with E-state index in [9.17, 15) is 9.90 Å². The molecule has 0 radical (unpaired) electrons. The minimum atomic E-state index is -0.699. The molecule has 3 aromatic rings. The number of aliphatic hydroxyl groups excluding tert-OH is 1. The van der Waals surface area contributed by atoms with E-state index in [2.05, 4.69) is 16.8 Å². The van der Waals surface area contributed by atoms with Crippen LogP contribution in [0.4, 0.5) is 0 Å². The van der Waals surface area contributed by atoms with Gasteiger partial charge in [0.25, 0.3) is 0 Å². The van der Waals surface area contributed by atoms with Gasteiger partial charge in [-0.2, -0.15) is 0 Å². The van der Waals surface area contributed by atoms with Gasteiger partial charge in [-0.05, 0) is 55.1 Å². The monoisotopic (exact) mass is 562 g/mol. The number of carbonyl (C=O) groups is 1. The van der Waals surface area contributed by atoms with Crippen molar-refractivity contribution < 1.29 is 38.3 Å². The van der Waals surface area contributed by atoms with Crippen LogP contribution in [0.15, 0.2) is 30.3 Å². The number of piperazine rings is 1. The Balaban J connectivity index is 1.28. The molecule has 0 amide bonds. The Kier molecular flexibility index (Phi) is 6.56. The molecule has 1 N–H and O–H groups in total. The zero-order valence-electron chi connectivity index (χ0n) is 23.5. The van der Waals surface area contributed by atoms with Crippen molar-refractivity contribution in [3.05, 3.63) is 41.5 Å². The highest BCUT2D eigenvalue weighted by atomic mass is 16.7. The molecule has 0 aliphatic carbocycles. The zero-order valence-corrected chi connectivity index (χ0v) is 23.5. The predicted octanol–water partition coefficient (Wildman–Crippen LogP) is 3.44. The van der Waals surface area contributed by atoms with E-state index in [0.717, 1.165) is 29.4 Å². The molecule has 0 spiro atoms. The van der Waals surface area contributed by atoms with Crippen LogP contribution in [0.25, 0.3) is 21.9 Å². The van der Waals surface area contributed by atoms with Crippen LogP contribution in [-0.2, 0) is 11.3 Å². The van der Waals surface area contributed by atoms with Crippen LogP contribution >= 0.6 is 0 Å². The fraction of sp³-hybridized carbons (Fsp3) is 0.452. The Hall–Kier alpha value is -3.73. The van der Waals surface area contributed by atoms with Crippen molar-refractivity contribution in [1.29, 1.82) is 0 Å². The standard InChI is InChI=1S/C31H34N2O8/c1-32-18-5-6-19(32)12-33(11-18)13-20(34)14-38-30-22-10-26(37-3)25(36-2)9-21(22)28(29-23(30)15-39-31(29)35)17-4-7-24-27(8-17)41-16-40-24/h4,7-10,18-20,34H,5-6,11-16H2,1-3H3. The van der Waals surface area contributed by atoms with Gasteiger partial charge in [0.2, 0.25) is 6.79 Å². The quantitative estimate of drug-likeness (QED) is 0.411. The highest BCUT2D eigenvalue weighted by Crippen LogP contribution is 2.49. The van der Waals surface area contributed by atoms with Crippen LogP contribution in [-0.4, -0.2) is 93.4 Å². The molecule has 2 bridgehead atoms. The molecule has 41 heavy (non-hydrogen) atoms. The number of esters is 1. The molecular formula is C31H34N2O8. The minimum Gasteiger partial charge on any atom is -0.493 e. The third-order valence-corrected chi connectivity index (χ3v) is 8.89. The number of likely N-dealkylation sites (tertiary alicyclic amines) is 1. The predicted molar refractivity (Wildman–Crippen MR) is 150 cm³/mol. The SMILES string of the molecule is COc1cc2c(OCC(O)CN3CC4CCC(C3)N4C)c3c(c(-c4ccc5c(c4)OCO5)c2cc1OC)C(=O)OC3. The van der Waals surface area contributed by atoms with Gasteiger partial charge in [0.15, 0.2) is 23.0 Å². The lowest BCUT2D eigenvalue weighted by atomic mass is 9.89. The lowest BCUT2D eigenvalue weighted by Gasteiger charge is -2.39. The molecule has 10 nitrogen and oxygen atoms in total. The normalized spacial score (nSPS) is 22.1. The van der Waals surface area contributed by atoms with E-state index in [4.69, 9.17) is 28.4 Å². The molecule has 0 saturated carbocycles. The van der Waals surface area contributed by atoms with Crippen molar-refractivity contribution in [2.75, 3.05) is 54.3 Å². The van der Waals surface area contributed by atoms with E-state index >= 15 is 0 Å². The van der Waals surface area contributed by atoms with Gasteiger partial charge in [-0.25, -0.2) is 4.79 Å². The number of β-amino-alcohol motifs (C(OH)–C–C–N with tert-alkyl or cyclic N) is 1. The Morgan fingerprint density at radius 3 is 2.39 bits per heavy atom. The molecule has 3 atom stereocenters. The molecule has 0 aromatic heterocycles. The van der Waals surface area contributed by atoms with Gasteiger partial charge in [-0.1, -0.05) is 6.07 Å². The van der Waals surface area contributed by atoms with Crippen LogP contribution in [0.5, 0.6) is 28.7 Å². The van der Waals surface area contributed by atoms with Crippen molar-refractivity contribution in [1.82, 2.24) is 9.80 Å². The summed E-state index contributed by atoms with van der Waals surface area (Å²) in [5.74, 6) is 2.38.